The maximum Gasteiger partial charge on any atom is 0.225 e. The fraction of sp³-hybridized carbons (Fsp3) is 0.571. The van der Waals surface area contributed by atoms with Crippen molar-refractivity contribution in [1.29, 1.82) is 0 Å². The molecule has 0 fully saturated rings. The number of aryl methyl sites for hydroxylation is 1. The number of thiophene rings is 1. The highest BCUT2D eigenvalue weighted by Crippen LogP contribution is 2.30. The molecule has 20 heavy (non-hydrogen) atoms. The van der Waals surface area contributed by atoms with E-state index in [1.165, 1.54) is 4.88 Å². The van der Waals surface area contributed by atoms with E-state index in [1.807, 2.05) is 14.0 Å². The molecule has 0 radical (unpaired) electrons. The lowest BCUT2D eigenvalue weighted by Crippen LogP contribution is -2.21. The van der Waals surface area contributed by atoms with Gasteiger partial charge in [0.2, 0.25) is 5.95 Å². The Bertz CT molecular complexity index is 582. The second-order valence-corrected chi connectivity index (χ2v) is 6.18. The summed E-state index contributed by atoms with van der Waals surface area (Å²) >= 11 is 1.70. The summed E-state index contributed by atoms with van der Waals surface area (Å²) in [6.07, 6.45) is 1.36. The molecule has 2 heterocycles. The summed E-state index contributed by atoms with van der Waals surface area (Å²) in [7, 11) is 1.82. The van der Waals surface area contributed by atoms with Crippen LogP contribution < -0.4 is 10.6 Å². The Hall–Kier alpha value is -1.40. The fourth-order valence-corrected chi connectivity index (χ4v) is 3.14. The summed E-state index contributed by atoms with van der Waals surface area (Å²) in [5.74, 6) is 1.46. The van der Waals surface area contributed by atoms with Gasteiger partial charge in [-0.25, -0.2) is 4.98 Å². The number of hydrogen-bond donors (Lipinski definition) is 3. The van der Waals surface area contributed by atoms with Crippen LogP contribution in [0.15, 0.2) is 6.07 Å². The number of aromatic nitrogens is 2. The lowest BCUT2D eigenvalue weighted by molar-refractivity contribution is 0.179. The minimum absolute atomic E-state index is 0.155. The predicted molar refractivity (Wildman–Crippen MR) is 85.7 cm³/mol. The van der Waals surface area contributed by atoms with Gasteiger partial charge in [-0.15, -0.1) is 11.3 Å². The van der Waals surface area contributed by atoms with Crippen molar-refractivity contribution in [3.05, 3.63) is 10.9 Å². The quantitative estimate of drug-likeness (QED) is 0.764. The van der Waals surface area contributed by atoms with Crippen molar-refractivity contribution < 1.29 is 5.11 Å². The molecular formula is C14H22N4OS. The van der Waals surface area contributed by atoms with E-state index in [0.29, 0.717) is 12.4 Å². The number of nitrogens with one attached hydrogen (secondary N) is 2. The highest BCUT2D eigenvalue weighted by Gasteiger charge is 2.13. The molecule has 6 heteroatoms. The van der Waals surface area contributed by atoms with Crippen molar-refractivity contribution in [1.82, 2.24) is 9.97 Å². The van der Waals surface area contributed by atoms with Crippen LogP contribution >= 0.6 is 11.3 Å². The summed E-state index contributed by atoms with van der Waals surface area (Å²) in [6.45, 7) is 5.99. The van der Waals surface area contributed by atoms with Gasteiger partial charge in [-0.2, -0.15) is 4.98 Å². The zero-order valence-corrected chi connectivity index (χ0v) is 13.2. The molecule has 0 spiro atoms. The molecule has 2 aromatic heterocycles. The van der Waals surface area contributed by atoms with Gasteiger partial charge in [0, 0.05) is 18.0 Å². The molecule has 0 saturated heterocycles. The van der Waals surface area contributed by atoms with E-state index in [1.54, 1.807) is 18.3 Å². The number of rotatable bonds is 6. The number of fused-ring (bicyclic) bond motifs is 1. The van der Waals surface area contributed by atoms with Crippen LogP contribution in [-0.4, -0.2) is 34.3 Å². The highest BCUT2D eigenvalue weighted by molar-refractivity contribution is 7.18. The molecule has 0 aliphatic heterocycles. The monoisotopic (exact) mass is 294 g/mol. The first-order valence-electron chi connectivity index (χ1n) is 6.96. The summed E-state index contributed by atoms with van der Waals surface area (Å²) in [6, 6.07) is 2.31. The Morgan fingerprint density at radius 2 is 2.10 bits per heavy atom. The third kappa shape index (κ3) is 3.37. The zero-order valence-electron chi connectivity index (χ0n) is 12.4. The maximum atomic E-state index is 9.47. The molecule has 0 aliphatic rings. The molecule has 0 aromatic carbocycles. The van der Waals surface area contributed by atoms with Crippen LogP contribution in [0.2, 0.25) is 0 Å². The predicted octanol–water partition coefficient (Wildman–Crippen LogP) is 2.87. The molecule has 5 nitrogen and oxygen atoms in total. The molecule has 110 valence electrons. The highest BCUT2D eigenvalue weighted by atomic mass is 32.1. The van der Waals surface area contributed by atoms with Gasteiger partial charge in [-0.1, -0.05) is 6.92 Å². The zero-order chi connectivity index (χ0) is 14.7. The Kier molecular flexibility index (Phi) is 4.77. The standard InChI is InChI=1S/C14H22N4OS/c1-5-10-7-11-12(16-8(2)6-9(3)19)17-14(15-4)18-13(11)20-10/h7-9,19H,5-6H2,1-4H3,(H2,15,16,17,18). The Morgan fingerprint density at radius 3 is 2.70 bits per heavy atom. The second-order valence-electron chi connectivity index (χ2n) is 5.06. The van der Waals surface area contributed by atoms with E-state index in [2.05, 4.69) is 33.6 Å². The van der Waals surface area contributed by atoms with Crippen LogP contribution in [0.1, 0.15) is 32.1 Å². The van der Waals surface area contributed by atoms with Gasteiger partial charge in [-0.05, 0) is 32.8 Å². The molecule has 3 N–H and O–H groups in total. The molecule has 2 aromatic rings. The largest absolute Gasteiger partial charge is 0.393 e. The van der Waals surface area contributed by atoms with Crippen molar-refractivity contribution in [2.45, 2.75) is 45.8 Å². The summed E-state index contributed by atoms with van der Waals surface area (Å²) in [5, 5.41) is 16.9. The van der Waals surface area contributed by atoms with Crippen LogP contribution in [0.25, 0.3) is 10.2 Å². The van der Waals surface area contributed by atoms with E-state index >= 15 is 0 Å². The van der Waals surface area contributed by atoms with Crippen LogP contribution in [0.5, 0.6) is 0 Å². The molecule has 0 aliphatic carbocycles. The number of aliphatic hydroxyl groups excluding tert-OH is 1. The van der Waals surface area contributed by atoms with Crippen LogP contribution in [0.4, 0.5) is 11.8 Å². The number of hydrogen-bond acceptors (Lipinski definition) is 6. The van der Waals surface area contributed by atoms with Gasteiger partial charge in [0.25, 0.3) is 0 Å². The van der Waals surface area contributed by atoms with Gasteiger partial charge in [0.1, 0.15) is 10.6 Å². The van der Waals surface area contributed by atoms with Crippen molar-refractivity contribution in [2.24, 2.45) is 0 Å². The van der Waals surface area contributed by atoms with Crippen LogP contribution in [0, 0.1) is 0 Å². The summed E-state index contributed by atoms with van der Waals surface area (Å²) in [5.41, 5.74) is 0. The van der Waals surface area contributed by atoms with E-state index < -0.39 is 0 Å². The lowest BCUT2D eigenvalue weighted by Gasteiger charge is -2.17. The van der Waals surface area contributed by atoms with Gasteiger partial charge in [-0.3, -0.25) is 0 Å². The molecule has 2 rings (SSSR count). The van der Waals surface area contributed by atoms with Crippen LogP contribution in [0.3, 0.4) is 0 Å². The normalized spacial score (nSPS) is 14.2. The first kappa shape index (κ1) is 15.0. The number of aliphatic hydroxyl groups is 1. The molecule has 2 unspecified atom stereocenters. The van der Waals surface area contributed by atoms with Crippen molar-refractivity contribution in [2.75, 3.05) is 17.7 Å². The Balaban J connectivity index is 2.36. The van der Waals surface area contributed by atoms with E-state index in [-0.39, 0.29) is 12.1 Å². The molecule has 0 saturated carbocycles. The smallest absolute Gasteiger partial charge is 0.225 e. The van der Waals surface area contributed by atoms with E-state index in [0.717, 1.165) is 22.5 Å². The van der Waals surface area contributed by atoms with Crippen molar-refractivity contribution >= 4 is 33.3 Å². The second kappa shape index (κ2) is 6.37. The average Bonchev–Trinajstić information content (AvgIpc) is 2.80. The fourth-order valence-electron chi connectivity index (χ4n) is 2.17. The van der Waals surface area contributed by atoms with E-state index in [4.69, 9.17) is 0 Å². The van der Waals surface area contributed by atoms with Crippen LogP contribution in [-0.2, 0) is 6.42 Å². The van der Waals surface area contributed by atoms with Gasteiger partial charge < -0.3 is 15.7 Å². The molecule has 0 bridgehead atoms. The number of anilines is 2. The molecule has 2 atom stereocenters. The Labute approximate surface area is 123 Å². The SMILES string of the molecule is CCc1cc2c(NC(C)CC(C)O)nc(NC)nc2s1. The third-order valence-electron chi connectivity index (χ3n) is 3.09. The van der Waals surface area contributed by atoms with Crippen molar-refractivity contribution in [3.63, 3.8) is 0 Å². The van der Waals surface area contributed by atoms with E-state index in [9.17, 15) is 5.11 Å². The lowest BCUT2D eigenvalue weighted by atomic mass is 10.1. The topological polar surface area (TPSA) is 70.1 Å². The first-order valence-corrected chi connectivity index (χ1v) is 7.78. The van der Waals surface area contributed by atoms with Gasteiger partial charge in [0.05, 0.1) is 11.5 Å². The number of nitrogens with zero attached hydrogens (tertiary/aromatic N) is 2. The maximum absolute atomic E-state index is 9.47. The molecular weight excluding hydrogens is 272 g/mol. The third-order valence-corrected chi connectivity index (χ3v) is 4.27. The minimum Gasteiger partial charge on any atom is -0.393 e. The van der Waals surface area contributed by atoms with Gasteiger partial charge in [0.15, 0.2) is 0 Å². The van der Waals surface area contributed by atoms with Gasteiger partial charge >= 0.3 is 0 Å². The minimum atomic E-state index is -0.327. The van der Waals surface area contributed by atoms with Crippen molar-refractivity contribution in [3.8, 4) is 0 Å². The Morgan fingerprint density at radius 1 is 1.35 bits per heavy atom. The summed E-state index contributed by atoms with van der Waals surface area (Å²) < 4.78 is 0. The average molecular weight is 294 g/mol. The summed E-state index contributed by atoms with van der Waals surface area (Å²) in [4.78, 5) is 11.3. The first-order chi connectivity index (χ1) is 9.53. The molecule has 0 amide bonds.